The number of nitrogens with one attached hydrogen (secondary N) is 2. The van der Waals surface area contributed by atoms with Crippen molar-refractivity contribution in [3.05, 3.63) is 35.2 Å². The van der Waals surface area contributed by atoms with Crippen LogP contribution in [0.25, 0.3) is 22.3 Å². The van der Waals surface area contributed by atoms with Crippen LogP contribution in [0.2, 0.25) is 0 Å². The molecule has 3 fully saturated rings. The summed E-state index contributed by atoms with van der Waals surface area (Å²) in [7, 11) is -8.08. The van der Waals surface area contributed by atoms with Crippen LogP contribution in [-0.4, -0.2) is 111 Å². The SMILES string of the molecule is CNP1(=O)OC[C@H]2O[C@@H](n3cnc4c(N)ncnc43)C(O)[C@H]2OP(=O)(O)OC[C@H]2O[C@@H](n3cnc4c(=O)[nH]c(C)nc43)[C@@H](O1)C2O. The number of H-pyrrole nitrogens is 1. The molecule has 0 spiro atoms. The van der Waals surface area contributed by atoms with E-state index in [2.05, 4.69) is 35.0 Å². The van der Waals surface area contributed by atoms with Gasteiger partial charge in [0.1, 0.15) is 54.3 Å². The standard InChI is InChI=1S/C22H28N10O12P2/c1-8-29-19-12(20(35)30-8)28-7-32(19)22-16-13(33)9(41-22)3-40-46(37,38)44-15-10(4-39-45(36,24-2)43-16)42-21(14(15)34)31-6-27-11-17(23)25-5-26-18(11)31/h5-7,9-10,13-16,21-22,33-34H,3-4H2,1-2H3,(H,24,36)(H,37,38)(H2,23,25,26)(H,29,30,35)/t9-,10-,13?,14?,15+,16+,21-,22-,45?/m1/s1. The smallest absolute Gasteiger partial charge is 0.387 e. The van der Waals surface area contributed by atoms with E-state index in [1.165, 1.54) is 35.2 Å². The van der Waals surface area contributed by atoms with Gasteiger partial charge in [-0.15, -0.1) is 0 Å². The number of rotatable bonds is 3. The fraction of sp³-hybridized carbons (Fsp3) is 0.545. The first kappa shape index (κ1) is 31.4. The van der Waals surface area contributed by atoms with Crippen LogP contribution in [-0.2, 0) is 36.7 Å². The fourth-order valence-electron chi connectivity index (χ4n) is 5.52. The van der Waals surface area contributed by atoms with Crippen molar-refractivity contribution in [2.45, 2.75) is 56.0 Å². The number of fused-ring (bicyclic) bond motifs is 5. The first-order valence-electron chi connectivity index (χ1n) is 13.7. The Labute approximate surface area is 257 Å². The molecule has 3 aliphatic heterocycles. The van der Waals surface area contributed by atoms with Gasteiger partial charge in [-0.2, -0.15) is 0 Å². The number of anilines is 1. The van der Waals surface area contributed by atoms with Gasteiger partial charge in [0.15, 0.2) is 35.1 Å². The number of aromatic amines is 1. The molecule has 7 heterocycles. The first-order chi connectivity index (χ1) is 21.9. The quantitative estimate of drug-likeness (QED) is 0.135. The van der Waals surface area contributed by atoms with Gasteiger partial charge in [-0.25, -0.2) is 39.1 Å². The summed E-state index contributed by atoms with van der Waals surface area (Å²) in [6.07, 6.45) is -7.95. The number of aromatic nitrogens is 8. The van der Waals surface area contributed by atoms with Crippen molar-refractivity contribution in [1.29, 1.82) is 0 Å². The predicted molar refractivity (Wildman–Crippen MR) is 151 cm³/mol. The number of hydrogen-bond donors (Lipinski definition) is 6. The molecule has 7 rings (SSSR count). The Morgan fingerprint density at radius 3 is 2.39 bits per heavy atom. The number of aryl methyl sites for hydroxylation is 1. The molecule has 46 heavy (non-hydrogen) atoms. The molecule has 4 unspecified atom stereocenters. The molecule has 4 aromatic rings. The van der Waals surface area contributed by atoms with Crippen LogP contribution < -0.4 is 16.4 Å². The molecule has 0 radical (unpaired) electrons. The van der Waals surface area contributed by atoms with Gasteiger partial charge in [-0.3, -0.25) is 32.0 Å². The zero-order valence-electron chi connectivity index (χ0n) is 23.9. The van der Waals surface area contributed by atoms with Crippen LogP contribution in [0.3, 0.4) is 0 Å². The zero-order chi connectivity index (χ0) is 32.5. The minimum atomic E-state index is -5.01. The number of nitrogen functional groups attached to an aromatic ring is 1. The fourth-order valence-corrected chi connectivity index (χ4v) is 7.67. The van der Waals surface area contributed by atoms with E-state index in [0.717, 1.165) is 0 Å². The minimum Gasteiger partial charge on any atom is -0.387 e. The number of ether oxygens (including phenoxy) is 2. The number of aliphatic hydroxyl groups excluding tert-OH is 2. The van der Waals surface area contributed by atoms with Crippen molar-refractivity contribution in [3.63, 3.8) is 0 Å². The molecule has 0 aliphatic carbocycles. The van der Waals surface area contributed by atoms with Gasteiger partial charge in [0, 0.05) is 0 Å². The zero-order valence-corrected chi connectivity index (χ0v) is 25.7. The van der Waals surface area contributed by atoms with E-state index in [1.807, 2.05) is 0 Å². The average Bonchev–Trinajstić information content (AvgIpc) is 3.77. The third-order valence-electron chi connectivity index (χ3n) is 7.71. The lowest BCUT2D eigenvalue weighted by molar-refractivity contribution is -0.0636. The summed E-state index contributed by atoms with van der Waals surface area (Å²) in [6.45, 7) is 0.198. The van der Waals surface area contributed by atoms with Crippen LogP contribution in [0.15, 0.2) is 23.8 Å². The summed E-state index contributed by atoms with van der Waals surface area (Å²) in [4.78, 5) is 46.2. The molecular formula is C22H28N10O12P2. The average molecular weight is 686 g/mol. The minimum absolute atomic E-state index is 0.0461. The number of hydrogen-bond acceptors (Lipinski definition) is 17. The molecule has 7 N–H and O–H groups in total. The summed E-state index contributed by atoms with van der Waals surface area (Å²) >= 11 is 0. The topological polar surface area (TPSA) is 295 Å². The lowest BCUT2D eigenvalue weighted by Crippen LogP contribution is -2.37. The Hall–Kier alpha value is -3.24. The van der Waals surface area contributed by atoms with Crippen molar-refractivity contribution < 1.29 is 51.8 Å². The molecule has 24 heteroatoms. The molecule has 4 aromatic heterocycles. The highest BCUT2D eigenvalue weighted by atomic mass is 31.2. The number of imidazole rings is 2. The van der Waals surface area contributed by atoms with Gasteiger partial charge in [-0.05, 0) is 14.0 Å². The Kier molecular flexibility index (Phi) is 7.82. The second-order valence-electron chi connectivity index (χ2n) is 10.6. The van der Waals surface area contributed by atoms with E-state index in [1.54, 1.807) is 6.92 Å². The maximum absolute atomic E-state index is 13.9. The molecular weight excluding hydrogens is 658 g/mol. The Balaban J connectivity index is 1.22. The molecule has 0 amide bonds. The van der Waals surface area contributed by atoms with Crippen molar-refractivity contribution in [3.8, 4) is 0 Å². The van der Waals surface area contributed by atoms with E-state index >= 15 is 0 Å². The summed E-state index contributed by atoms with van der Waals surface area (Å²) in [5, 5.41) is 24.9. The Bertz CT molecular complexity index is 1950. The van der Waals surface area contributed by atoms with E-state index in [0.29, 0.717) is 0 Å². The van der Waals surface area contributed by atoms with Crippen LogP contribution in [0, 0.1) is 6.92 Å². The number of phosphoric ester groups is 1. The van der Waals surface area contributed by atoms with Crippen LogP contribution in [0.5, 0.6) is 0 Å². The largest absolute Gasteiger partial charge is 0.472 e. The molecule has 3 saturated heterocycles. The van der Waals surface area contributed by atoms with Crippen molar-refractivity contribution >= 4 is 43.7 Å². The monoisotopic (exact) mass is 686 g/mol. The number of phosphoric acid groups is 1. The van der Waals surface area contributed by atoms with Gasteiger partial charge in [0.2, 0.25) is 0 Å². The van der Waals surface area contributed by atoms with Gasteiger partial charge >= 0.3 is 15.6 Å². The summed E-state index contributed by atoms with van der Waals surface area (Å²) in [5.41, 5.74) is 5.75. The van der Waals surface area contributed by atoms with E-state index in [9.17, 15) is 29.0 Å². The van der Waals surface area contributed by atoms with E-state index in [-0.39, 0.29) is 34.0 Å². The summed E-state index contributed by atoms with van der Waals surface area (Å²) < 4.78 is 63.6. The highest BCUT2D eigenvalue weighted by Crippen LogP contribution is 2.53. The summed E-state index contributed by atoms with van der Waals surface area (Å²) in [6, 6.07) is 0. The van der Waals surface area contributed by atoms with Gasteiger partial charge < -0.3 is 35.3 Å². The molecule has 22 nitrogen and oxygen atoms in total. The maximum Gasteiger partial charge on any atom is 0.472 e. The third kappa shape index (κ3) is 5.35. The predicted octanol–water partition coefficient (Wildman–Crippen LogP) is -1.39. The molecule has 0 saturated carbocycles. The molecule has 10 atom stereocenters. The van der Waals surface area contributed by atoms with Gasteiger partial charge in [-0.1, -0.05) is 0 Å². The molecule has 248 valence electrons. The van der Waals surface area contributed by atoms with E-state index in [4.69, 9.17) is 33.3 Å². The highest BCUT2D eigenvalue weighted by molar-refractivity contribution is 7.51. The molecule has 0 aromatic carbocycles. The lowest BCUT2D eigenvalue weighted by Gasteiger charge is -2.27. The van der Waals surface area contributed by atoms with Crippen LogP contribution in [0.1, 0.15) is 18.3 Å². The lowest BCUT2D eigenvalue weighted by atomic mass is 10.1. The van der Waals surface area contributed by atoms with Crippen molar-refractivity contribution in [1.82, 2.24) is 44.1 Å². The summed E-state index contributed by atoms with van der Waals surface area (Å²) in [5.74, 6) is 0.323. The van der Waals surface area contributed by atoms with Crippen molar-refractivity contribution in [2.24, 2.45) is 0 Å². The Morgan fingerprint density at radius 2 is 1.63 bits per heavy atom. The molecule has 2 bridgehead atoms. The van der Waals surface area contributed by atoms with Gasteiger partial charge in [0.25, 0.3) is 5.56 Å². The first-order valence-corrected chi connectivity index (χ1v) is 16.7. The van der Waals surface area contributed by atoms with Gasteiger partial charge in [0.05, 0.1) is 25.9 Å². The normalized spacial score (nSPS) is 37.2. The number of nitrogens with zero attached hydrogens (tertiary/aromatic N) is 7. The second kappa shape index (κ2) is 11.5. The number of aliphatic hydroxyl groups is 2. The third-order valence-corrected chi connectivity index (χ3v) is 10.3. The Morgan fingerprint density at radius 1 is 0.935 bits per heavy atom. The highest BCUT2D eigenvalue weighted by Gasteiger charge is 2.54. The second-order valence-corrected chi connectivity index (χ2v) is 13.9. The van der Waals surface area contributed by atoms with E-state index < -0.39 is 83.4 Å². The van der Waals surface area contributed by atoms with Crippen LogP contribution >= 0.6 is 15.6 Å². The van der Waals surface area contributed by atoms with Crippen LogP contribution in [0.4, 0.5) is 5.82 Å². The number of nitrogens with two attached hydrogens (primary N) is 1. The molecule has 3 aliphatic rings. The maximum atomic E-state index is 13.9. The van der Waals surface area contributed by atoms with Crippen molar-refractivity contribution in [2.75, 3.05) is 26.0 Å².